The number of amides is 1. The van der Waals surface area contributed by atoms with Gasteiger partial charge in [-0.15, -0.1) is 0 Å². The number of halogens is 3. The third-order valence-electron chi connectivity index (χ3n) is 4.91. The van der Waals surface area contributed by atoms with Gasteiger partial charge in [-0.25, -0.2) is 8.78 Å². The molecule has 0 aromatic heterocycles. The van der Waals surface area contributed by atoms with Gasteiger partial charge in [-0.1, -0.05) is 54.1 Å². The lowest BCUT2D eigenvalue weighted by Gasteiger charge is -2.38. The first-order valence-corrected chi connectivity index (χ1v) is 9.02. The van der Waals surface area contributed by atoms with Crippen LogP contribution in [0.2, 0.25) is 5.02 Å². The van der Waals surface area contributed by atoms with Crippen molar-refractivity contribution in [1.29, 1.82) is 0 Å². The molecule has 136 valence electrons. The van der Waals surface area contributed by atoms with Crippen LogP contribution in [-0.4, -0.2) is 17.4 Å². The Morgan fingerprint density at radius 2 is 1.59 bits per heavy atom. The van der Waals surface area contributed by atoms with Crippen LogP contribution >= 0.6 is 11.6 Å². The van der Waals surface area contributed by atoms with Gasteiger partial charge in [0.15, 0.2) is 0 Å². The standard InChI is InChI=1S/C22H16ClF2NO/c23-16-10-8-15(9-11-16)21-17-5-2-1-4-14(17)12-13-26(21)22(27)20-18(24)6-3-7-19(20)25/h1-11,21H,12-13H2/t21-/m1/s1. The molecule has 1 heterocycles. The number of nitrogens with zero attached hydrogens (tertiary/aromatic N) is 1. The van der Waals surface area contributed by atoms with Crippen molar-refractivity contribution in [1.82, 2.24) is 4.90 Å². The number of carbonyl (C=O) groups is 1. The Morgan fingerprint density at radius 1 is 0.926 bits per heavy atom. The van der Waals surface area contributed by atoms with Crippen LogP contribution in [0.4, 0.5) is 8.78 Å². The highest BCUT2D eigenvalue weighted by molar-refractivity contribution is 6.30. The number of rotatable bonds is 2. The number of fused-ring (bicyclic) bond motifs is 1. The molecule has 1 amide bonds. The van der Waals surface area contributed by atoms with Crippen molar-refractivity contribution in [3.05, 3.63) is 106 Å². The van der Waals surface area contributed by atoms with Crippen molar-refractivity contribution in [2.45, 2.75) is 12.5 Å². The van der Waals surface area contributed by atoms with Gasteiger partial charge in [0, 0.05) is 11.6 Å². The summed E-state index contributed by atoms with van der Waals surface area (Å²) >= 11 is 6.01. The highest BCUT2D eigenvalue weighted by atomic mass is 35.5. The van der Waals surface area contributed by atoms with Crippen molar-refractivity contribution in [3.8, 4) is 0 Å². The molecule has 2 nitrogen and oxygen atoms in total. The van der Waals surface area contributed by atoms with Crippen molar-refractivity contribution in [3.63, 3.8) is 0 Å². The number of hydrogen-bond donors (Lipinski definition) is 0. The van der Waals surface area contributed by atoms with Crippen LogP contribution in [-0.2, 0) is 6.42 Å². The minimum Gasteiger partial charge on any atom is -0.327 e. The number of hydrogen-bond acceptors (Lipinski definition) is 1. The fourth-order valence-corrected chi connectivity index (χ4v) is 3.76. The van der Waals surface area contributed by atoms with Crippen LogP contribution in [0.3, 0.4) is 0 Å². The normalized spacial score (nSPS) is 16.1. The first kappa shape index (κ1) is 17.7. The van der Waals surface area contributed by atoms with Gasteiger partial charge in [0.2, 0.25) is 0 Å². The second-order valence-corrected chi connectivity index (χ2v) is 6.93. The topological polar surface area (TPSA) is 20.3 Å². The average molecular weight is 384 g/mol. The quantitative estimate of drug-likeness (QED) is 0.579. The molecular weight excluding hydrogens is 368 g/mol. The van der Waals surface area contributed by atoms with E-state index in [1.165, 1.54) is 11.0 Å². The molecule has 1 aliphatic heterocycles. The molecule has 27 heavy (non-hydrogen) atoms. The monoisotopic (exact) mass is 383 g/mol. The average Bonchev–Trinajstić information content (AvgIpc) is 2.67. The summed E-state index contributed by atoms with van der Waals surface area (Å²) in [6.45, 7) is 0.372. The van der Waals surface area contributed by atoms with Crippen molar-refractivity contribution in [2.24, 2.45) is 0 Å². The molecule has 0 unspecified atom stereocenters. The summed E-state index contributed by atoms with van der Waals surface area (Å²) in [6.07, 6.45) is 0.627. The molecule has 3 aromatic rings. The largest absolute Gasteiger partial charge is 0.327 e. The Morgan fingerprint density at radius 3 is 2.30 bits per heavy atom. The van der Waals surface area contributed by atoms with Crippen molar-refractivity contribution in [2.75, 3.05) is 6.54 Å². The van der Waals surface area contributed by atoms with E-state index in [2.05, 4.69) is 0 Å². The highest BCUT2D eigenvalue weighted by Crippen LogP contribution is 2.36. The maximum absolute atomic E-state index is 14.2. The third kappa shape index (κ3) is 3.21. The summed E-state index contributed by atoms with van der Waals surface area (Å²) in [4.78, 5) is 14.7. The Kier molecular flexibility index (Phi) is 4.66. The zero-order valence-electron chi connectivity index (χ0n) is 14.3. The molecule has 0 radical (unpaired) electrons. The van der Waals surface area contributed by atoms with E-state index in [1.54, 1.807) is 12.1 Å². The SMILES string of the molecule is O=C(c1c(F)cccc1F)N1CCc2ccccc2[C@H]1c1ccc(Cl)cc1. The zero-order chi connectivity index (χ0) is 19.0. The summed E-state index contributed by atoms with van der Waals surface area (Å²) in [5.41, 5.74) is 2.40. The summed E-state index contributed by atoms with van der Waals surface area (Å²) in [5.74, 6) is -2.36. The first-order valence-electron chi connectivity index (χ1n) is 8.64. The smallest absolute Gasteiger partial charge is 0.260 e. The van der Waals surface area contributed by atoms with Crippen molar-refractivity contribution >= 4 is 17.5 Å². The van der Waals surface area contributed by atoms with Gasteiger partial charge < -0.3 is 4.90 Å². The molecule has 4 rings (SSSR count). The second kappa shape index (κ2) is 7.12. The zero-order valence-corrected chi connectivity index (χ0v) is 15.1. The van der Waals surface area contributed by atoms with E-state index in [0.29, 0.717) is 18.0 Å². The van der Waals surface area contributed by atoms with Crippen LogP contribution in [0.5, 0.6) is 0 Å². The molecule has 1 atom stereocenters. The Hall–Kier alpha value is -2.72. The maximum Gasteiger partial charge on any atom is 0.260 e. The lowest BCUT2D eigenvalue weighted by Crippen LogP contribution is -2.41. The molecule has 0 aliphatic carbocycles. The summed E-state index contributed by atoms with van der Waals surface area (Å²) in [7, 11) is 0. The second-order valence-electron chi connectivity index (χ2n) is 6.50. The van der Waals surface area contributed by atoms with Crippen LogP contribution < -0.4 is 0 Å². The predicted octanol–water partition coefficient (Wildman–Crippen LogP) is 5.41. The predicted molar refractivity (Wildman–Crippen MR) is 101 cm³/mol. The van der Waals surface area contributed by atoms with Gasteiger partial charge in [-0.2, -0.15) is 0 Å². The summed E-state index contributed by atoms with van der Waals surface area (Å²) in [6, 6.07) is 18.0. The molecule has 0 spiro atoms. The Labute approximate surface area is 161 Å². The van der Waals surface area contributed by atoms with E-state index in [0.717, 1.165) is 28.8 Å². The molecular formula is C22H16ClF2NO. The lowest BCUT2D eigenvalue weighted by atomic mass is 9.87. The lowest BCUT2D eigenvalue weighted by molar-refractivity contribution is 0.0684. The van der Waals surface area contributed by atoms with Crippen LogP contribution in [0.1, 0.15) is 33.1 Å². The van der Waals surface area contributed by atoms with Crippen LogP contribution in [0.15, 0.2) is 66.7 Å². The fourth-order valence-electron chi connectivity index (χ4n) is 3.64. The maximum atomic E-state index is 14.2. The minimum atomic E-state index is -0.853. The number of benzene rings is 3. The molecule has 0 saturated heterocycles. The van der Waals surface area contributed by atoms with E-state index >= 15 is 0 Å². The van der Waals surface area contributed by atoms with E-state index in [-0.39, 0.29) is 0 Å². The first-order chi connectivity index (χ1) is 13.1. The van der Waals surface area contributed by atoms with Crippen molar-refractivity contribution < 1.29 is 13.6 Å². The van der Waals surface area contributed by atoms with E-state index in [9.17, 15) is 13.6 Å². The van der Waals surface area contributed by atoms with Gasteiger partial charge in [0.25, 0.3) is 5.91 Å². The molecule has 1 aliphatic rings. The van der Waals surface area contributed by atoms with Gasteiger partial charge in [0.1, 0.15) is 17.2 Å². The van der Waals surface area contributed by atoms with E-state index in [4.69, 9.17) is 11.6 Å². The minimum absolute atomic E-state index is 0.372. The van der Waals surface area contributed by atoms with Gasteiger partial charge in [-0.3, -0.25) is 4.79 Å². The van der Waals surface area contributed by atoms with Crippen LogP contribution in [0.25, 0.3) is 0 Å². The Bertz CT molecular complexity index is 983. The fraction of sp³-hybridized carbons (Fsp3) is 0.136. The third-order valence-corrected chi connectivity index (χ3v) is 5.16. The van der Waals surface area contributed by atoms with Gasteiger partial charge >= 0.3 is 0 Å². The van der Waals surface area contributed by atoms with Crippen LogP contribution in [0, 0.1) is 11.6 Å². The van der Waals surface area contributed by atoms with Gasteiger partial charge in [0.05, 0.1) is 6.04 Å². The van der Waals surface area contributed by atoms with Gasteiger partial charge in [-0.05, 0) is 47.4 Å². The molecule has 0 fully saturated rings. The van der Waals surface area contributed by atoms with E-state index < -0.39 is 29.1 Å². The Balaban J connectivity index is 1.84. The molecule has 0 N–H and O–H groups in total. The number of carbonyl (C=O) groups excluding carboxylic acids is 1. The highest BCUT2D eigenvalue weighted by Gasteiger charge is 2.34. The molecule has 0 saturated carbocycles. The molecule has 3 aromatic carbocycles. The summed E-state index contributed by atoms with van der Waals surface area (Å²) < 4.78 is 28.5. The molecule has 5 heteroatoms. The van der Waals surface area contributed by atoms with E-state index in [1.807, 2.05) is 36.4 Å². The molecule has 0 bridgehead atoms. The summed E-state index contributed by atoms with van der Waals surface area (Å²) in [5, 5.41) is 0.584.